The van der Waals surface area contributed by atoms with Crippen LogP contribution in [0.15, 0.2) is 18.2 Å². The van der Waals surface area contributed by atoms with Crippen LogP contribution in [0.1, 0.15) is 18.4 Å². The molecule has 4 heteroatoms. The van der Waals surface area contributed by atoms with E-state index in [1.54, 1.807) is 24.0 Å². The number of halogens is 1. The Balaban J connectivity index is 2.11. The van der Waals surface area contributed by atoms with Crippen molar-refractivity contribution in [2.45, 2.75) is 19.8 Å². The van der Waals surface area contributed by atoms with Gasteiger partial charge in [-0.25, -0.2) is 9.18 Å². The first-order valence-corrected chi connectivity index (χ1v) is 5.49. The lowest BCUT2D eigenvalue weighted by Crippen LogP contribution is -2.32. The molecule has 0 aliphatic carbocycles. The van der Waals surface area contributed by atoms with Gasteiger partial charge in [-0.05, 0) is 31.4 Å². The van der Waals surface area contributed by atoms with Gasteiger partial charge in [0.15, 0.2) is 0 Å². The Bertz CT molecular complexity index is 380. The Morgan fingerprint density at radius 3 is 2.69 bits per heavy atom. The van der Waals surface area contributed by atoms with Crippen LogP contribution in [0.5, 0.6) is 0 Å². The summed E-state index contributed by atoms with van der Waals surface area (Å²) >= 11 is 0. The average molecular weight is 222 g/mol. The van der Waals surface area contributed by atoms with Crippen LogP contribution in [0.4, 0.5) is 14.9 Å². The van der Waals surface area contributed by atoms with Crippen LogP contribution in [0.25, 0.3) is 0 Å². The van der Waals surface area contributed by atoms with Crippen molar-refractivity contribution in [1.82, 2.24) is 4.90 Å². The predicted molar refractivity (Wildman–Crippen MR) is 61.0 cm³/mol. The second-order valence-electron chi connectivity index (χ2n) is 4.06. The Labute approximate surface area is 94.3 Å². The second kappa shape index (κ2) is 4.51. The van der Waals surface area contributed by atoms with Gasteiger partial charge in [-0.1, -0.05) is 12.1 Å². The monoisotopic (exact) mass is 222 g/mol. The molecule has 0 bridgehead atoms. The van der Waals surface area contributed by atoms with E-state index in [1.807, 2.05) is 0 Å². The third-order valence-corrected chi connectivity index (χ3v) is 2.85. The van der Waals surface area contributed by atoms with Gasteiger partial charge in [0.2, 0.25) is 0 Å². The third kappa shape index (κ3) is 2.15. The molecule has 0 atom stereocenters. The zero-order valence-electron chi connectivity index (χ0n) is 9.29. The first-order chi connectivity index (χ1) is 7.68. The quantitative estimate of drug-likeness (QED) is 0.778. The number of aryl methyl sites for hydroxylation is 1. The van der Waals surface area contributed by atoms with E-state index in [0.29, 0.717) is 5.69 Å². The van der Waals surface area contributed by atoms with E-state index in [2.05, 4.69) is 5.32 Å². The van der Waals surface area contributed by atoms with Gasteiger partial charge < -0.3 is 10.2 Å². The molecule has 1 N–H and O–H groups in total. The number of anilines is 1. The molecule has 1 saturated heterocycles. The van der Waals surface area contributed by atoms with Crippen molar-refractivity contribution in [3.63, 3.8) is 0 Å². The molecule has 2 amide bonds. The Kier molecular flexibility index (Phi) is 3.08. The molecule has 1 aromatic rings. The van der Waals surface area contributed by atoms with Crippen LogP contribution in [0.3, 0.4) is 0 Å². The van der Waals surface area contributed by atoms with Gasteiger partial charge in [-0.3, -0.25) is 0 Å². The van der Waals surface area contributed by atoms with Crippen molar-refractivity contribution in [1.29, 1.82) is 0 Å². The summed E-state index contributed by atoms with van der Waals surface area (Å²) in [6, 6.07) is 4.57. The van der Waals surface area contributed by atoms with Crippen molar-refractivity contribution >= 4 is 11.7 Å². The number of amides is 2. The molecule has 0 unspecified atom stereocenters. The van der Waals surface area contributed by atoms with E-state index < -0.39 is 0 Å². The number of para-hydroxylation sites is 1. The molecular weight excluding hydrogens is 207 g/mol. The average Bonchev–Trinajstić information content (AvgIpc) is 2.76. The summed E-state index contributed by atoms with van der Waals surface area (Å²) in [6.45, 7) is 3.31. The maximum Gasteiger partial charge on any atom is 0.321 e. The number of nitrogens with zero attached hydrogens (tertiary/aromatic N) is 1. The number of hydrogen-bond acceptors (Lipinski definition) is 1. The van der Waals surface area contributed by atoms with Crippen LogP contribution in [0.2, 0.25) is 0 Å². The fourth-order valence-corrected chi connectivity index (χ4v) is 1.90. The van der Waals surface area contributed by atoms with Crippen molar-refractivity contribution in [2.24, 2.45) is 0 Å². The SMILES string of the molecule is Cc1cccc(F)c1NC(=O)N1CCCC1. The lowest BCUT2D eigenvalue weighted by Gasteiger charge is -2.17. The zero-order chi connectivity index (χ0) is 11.5. The molecule has 1 fully saturated rings. The van der Waals surface area contributed by atoms with E-state index in [4.69, 9.17) is 0 Å². The number of likely N-dealkylation sites (tertiary alicyclic amines) is 1. The summed E-state index contributed by atoms with van der Waals surface area (Å²) < 4.78 is 13.5. The standard InChI is InChI=1S/C12H15FN2O/c1-9-5-4-6-10(13)11(9)14-12(16)15-7-2-3-8-15/h4-6H,2-3,7-8H2,1H3,(H,14,16). The predicted octanol–water partition coefficient (Wildman–Crippen LogP) is 2.76. The maximum atomic E-state index is 13.5. The Hall–Kier alpha value is -1.58. The first kappa shape index (κ1) is 10.9. The van der Waals surface area contributed by atoms with Crippen LogP contribution in [-0.2, 0) is 0 Å². The van der Waals surface area contributed by atoms with Gasteiger partial charge in [-0.2, -0.15) is 0 Å². The second-order valence-corrected chi connectivity index (χ2v) is 4.06. The molecule has 1 aliphatic rings. The van der Waals surface area contributed by atoms with E-state index >= 15 is 0 Å². The molecule has 1 aliphatic heterocycles. The zero-order valence-corrected chi connectivity index (χ0v) is 9.29. The highest BCUT2D eigenvalue weighted by Gasteiger charge is 2.19. The smallest absolute Gasteiger partial charge is 0.321 e. The summed E-state index contributed by atoms with van der Waals surface area (Å²) in [4.78, 5) is 13.5. The number of carbonyl (C=O) groups is 1. The van der Waals surface area contributed by atoms with E-state index in [1.165, 1.54) is 6.07 Å². The largest absolute Gasteiger partial charge is 0.325 e. The molecule has 16 heavy (non-hydrogen) atoms. The highest BCUT2D eigenvalue weighted by Crippen LogP contribution is 2.20. The summed E-state index contributed by atoms with van der Waals surface area (Å²) in [6.07, 6.45) is 2.06. The number of rotatable bonds is 1. The maximum absolute atomic E-state index is 13.5. The minimum Gasteiger partial charge on any atom is -0.325 e. The minimum atomic E-state index is -0.382. The molecule has 0 aromatic heterocycles. The third-order valence-electron chi connectivity index (χ3n) is 2.85. The lowest BCUT2D eigenvalue weighted by molar-refractivity contribution is 0.222. The van der Waals surface area contributed by atoms with Crippen molar-refractivity contribution in [3.8, 4) is 0 Å². The summed E-state index contributed by atoms with van der Waals surface area (Å²) in [5, 5.41) is 2.63. The fourth-order valence-electron chi connectivity index (χ4n) is 1.90. The van der Waals surface area contributed by atoms with Gasteiger partial charge in [-0.15, -0.1) is 0 Å². The minimum absolute atomic E-state index is 0.203. The highest BCUT2D eigenvalue weighted by molar-refractivity contribution is 5.90. The lowest BCUT2D eigenvalue weighted by atomic mass is 10.2. The van der Waals surface area contributed by atoms with Crippen molar-refractivity contribution in [3.05, 3.63) is 29.6 Å². The van der Waals surface area contributed by atoms with Crippen LogP contribution in [0, 0.1) is 12.7 Å². The van der Waals surface area contributed by atoms with Crippen LogP contribution >= 0.6 is 0 Å². The number of benzene rings is 1. The molecule has 0 spiro atoms. The van der Waals surface area contributed by atoms with E-state index in [-0.39, 0.29) is 11.8 Å². The number of hydrogen-bond donors (Lipinski definition) is 1. The van der Waals surface area contributed by atoms with Gasteiger partial charge in [0.1, 0.15) is 5.82 Å². The molecule has 1 heterocycles. The van der Waals surface area contributed by atoms with Gasteiger partial charge in [0.25, 0.3) is 0 Å². The molecule has 86 valence electrons. The van der Waals surface area contributed by atoms with Gasteiger partial charge in [0, 0.05) is 13.1 Å². The van der Waals surface area contributed by atoms with Crippen molar-refractivity contribution < 1.29 is 9.18 Å². The molecule has 0 radical (unpaired) electrons. The fraction of sp³-hybridized carbons (Fsp3) is 0.417. The van der Waals surface area contributed by atoms with Gasteiger partial charge >= 0.3 is 6.03 Å². The van der Waals surface area contributed by atoms with Crippen LogP contribution < -0.4 is 5.32 Å². The summed E-state index contributed by atoms with van der Waals surface area (Å²) in [7, 11) is 0. The topological polar surface area (TPSA) is 32.3 Å². The Morgan fingerprint density at radius 1 is 1.38 bits per heavy atom. The van der Waals surface area contributed by atoms with E-state index in [9.17, 15) is 9.18 Å². The molecular formula is C12H15FN2O. The summed E-state index contributed by atoms with van der Waals surface area (Å²) in [5.74, 6) is -0.382. The number of nitrogens with one attached hydrogen (secondary N) is 1. The Morgan fingerprint density at radius 2 is 2.06 bits per heavy atom. The summed E-state index contributed by atoms with van der Waals surface area (Å²) in [5.41, 5.74) is 1.03. The van der Waals surface area contributed by atoms with Gasteiger partial charge in [0.05, 0.1) is 5.69 Å². The first-order valence-electron chi connectivity index (χ1n) is 5.49. The van der Waals surface area contributed by atoms with Crippen LogP contribution in [-0.4, -0.2) is 24.0 Å². The molecule has 2 rings (SSSR count). The normalized spacial score (nSPS) is 15.2. The number of urea groups is 1. The molecule has 1 aromatic carbocycles. The molecule has 0 saturated carbocycles. The van der Waals surface area contributed by atoms with Crippen molar-refractivity contribution in [2.75, 3.05) is 18.4 Å². The van der Waals surface area contributed by atoms with E-state index in [0.717, 1.165) is 31.5 Å². The number of carbonyl (C=O) groups excluding carboxylic acids is 1. The highest BCUT2D eigenvalue weighted by atomic mass is 19.1. The molecule has 3 nitrogen and oxygen atoms in total.